The Morgan fingerprint density at radius 3 is 2.36 bits per heavy atom. The van der Waals surface area contributed by atoms with Crippen molar-refractivity contribution in [1.82, 2.24) is 15.1 Å². The fourth-order valence-electron chi connectivity index (χ4n) is 2.43. The summed E-state index contributed by atoms with van der Waals surface area (Å²) < 4.78 is 0. The lowest BCUT2D eigenvalue weighted by Gasteiger charge is -2.21. The predicted octanol–water partition coefficient (Wildman–Crippen LogP) is 1.66. The monoisotopic (exact) mass is 305 g/mol. The number of aliphatic hydroxyl groups excluding tert-OH is 1. The zero-order chi connectivity index (χ0) is 16.1. The first-order chi connectivity index (χ1) is 10.5. The van der Waals surface area contributed by atoms with Gasteiger partial charge in [0.15, 0.2) is 0 Å². The molecule has 1 saturated carbocycles. The fraction of sp³-hybridized carbons (Fsp3) is 0.588. The second kappa shape index (κ2) is 7.61. The van der Waals surface area contributed by atoms with Gasteiger partial charge in [-0.25, -0.2) is 4.79 Å². The Hall–Kier alpha value is -1.59. The molecule has 2 rings (SSSR count). The second-order valence-electron chi connectivity index (χ2n) is 6.50. The molecule has 0 saturated heterocycles. The number of hydrogen-bond donors (Lipinski definition) is 2. The molecule has 0 radical (unpaired) electrons. The number of carbonyl (C=O) groups is 1. The summed E-state index contributed by atoms with van der Waals surface area (Å²) in [4.78, 5) is 15.7. The van der Waals surface area contributed by atoms with E-state index in [0.29, 0.717) is 19.0 Å². The summed E-state index contributed by atoms with van der Waals surface area (Å²) >= 11 is 0. The summed E-state index contributed by atoms with van der Waals surface area (Å²) in [5.74, 6) is 0.388. The standard InChI is InChI=1S/C17H27N3O2/c1-19(2)11-14-6-4-13(5-7-14)10-18-17(22)20(3)12-16(21)15-8-9-15/h4-7,15-16,21H,8-12H2,1-3H3,(H,18,22). The van der Waals surface area contributed by atoms with Crippen molar-refractivity contribution in [3.8, 4) is 0 Å². The van der Waals surface area contributed by atoms with Crippen LogP contribution in [0.5, 0.6) is 0 Å². The zero-order valence-electron chi connectivity index (χ0n) is 13.7. The molecule has 0 aromatic heterocycles. The van der Waals surface area contributed by atoms with Gasteiger partial charge in [-0.2, -0.15) is 0 Å². The minimum Gasteiger partial charge on any atom is -0.391 e. The average Bonchev–Trinajstić information content (AvgIpc) is 3.30. The molecule has 1 aliphatic carbocycles. The summed E-state index contributed by atoms with van der Waals surface area (Å²) in [5.41, 5.74) is 2.33. The molecule has 5 nitrogen and oxygen atoms in total. The molecule has 0 heterocycles. The number of rotatable bonds is 7. The molecule has 0 bridgehead atoms. The zero-order valence-corrected chi connectivity index (χ0v) is 13.7. The summed E-state index contributed by atoms with van der Waals surface area (Å²) in [6.07, 6.45) is 1.77. The Balaban J connectivity index is 1.75. The molecule has 2 amide bonds. The second-order valence-corrected chi connectivity index (χ2v) is 6.50. The number of urea groups is 1. The van der Waals surface area contributed by atoms with E-state index in [1.54, 1.807) is 11.9 Å². The number of likely N-dealkylation sites (N-methyl/N-ethyl adjacent to an activating group) is 1. The van der Waals surface area contributed by atoms with E-state index in [0.717, 1.165) is 24.9 Å². The van der Waals surface area contributed by atoms with Crippen LogP contribution in [0.4, 0.5) is 4.79 Å². The first kappa shape index (κ1) is 16.8. The van der Waals surface area contributed by atoms with Crippen LogP contribution in [0.25, 0.3) is 0 Å². The molecule has 1 unspecified atom stereocenters. The van der Waals surface area contributed by atoms with E-state index in [2.05, 4.69) is 22.3 Å². The Bertz CT molecular complexity index is 483. The lowest BCUT2D eigenvalue weighted by molar-refractivity contribution is 0.113. The van der Waals surface area contributed by atoms with Crippen LogP contribution in [0.3, 0.4) is 0 Å². The van der Waals surface area contributed by atoms with Crippen LogP contribution in [0.2, 0.25) is 0 Å². The van der Waals surface area contributed by atoms with E-state index in [1.807, 2.05) is 26.2 Å². The Kier molecular flexibility index (Phi) is 5.80. The van der Waals surface area contributed by atoms with Gasteiger partial charge < -0.3 is 20.2 Å². The molecule has 0 spiro atoms. The summed E-state index contributed by atoms with van der Waals surface area (Å²) in [7, 11) is 5.81. The maximum absolute atomic E-state index is 12.0. The molecule has 2 N–H and O–H groups in total. The van der Waals surface area contributed by atoms with Crippen molar-refractivity contribution in [2.45, 2.75) is 32.0 Å². The minimum absolute atomic E-state index is 0.142. The Morgan fingerprint density at radius 2 is 1.82 bits per heavy atom. The predicted molar refractivity (Wildman–Crippen MR) is 87.4 cm³/mol. The van der Waals surface area contributed by atoms with Crippen molar-refractivity contribution in [2.75, 3.05) is 27.7 Å². The average molecular weight is 305 g/mol. The van der Waals surface area contributed by atoms with E-state index >= 15 is 0 Å². The third kappa shape index (κ3) is 5.31. The van der Waals surface area contributed by atoms with Crippen molar-refractivity contribution in [3.05, 3.63) is 35.4 Å². The molecule has 122 valence electrons. The lowest BCUT2D eigenvalue weighted by Crippen LogP contribution is -2.41. The molecular weight excluding hydrogens is 278 g/mol. The van der Waals surface area contributed by atoms with Crippen LogP contribution in [-0.2, 0) is 13.1 Å². The highest BCUT2D eigenvalue weighted by molar-refractivity contribution is 5.73. The van der Waals surface area contributed by atoms with Gasteiger partial charge in [-0.05, 0) is 44.0 Å². The molecule has 0 aliphatic heterocycles. The molecule has 22 heavy (non-hydrogen) atoms. The van der Waals surface area contributed by atoms with E-state index in [1.165, 1.54) is 5.56 Å². The van der Waals surface area contributed by atoms with Gasteiger partial charge in [-0.3, -0.25) is 0 Å². The topological polar surface area (TPSA) is 55.8 Å². The van der Waals surface area contributed by atoms with E-state index in [9.17, 15) is 9.90 Å². The quantitative estimate of drug-likeness (QED) is 0.805. The van der Waals surface area contributed by atoms with Gasteiger partial charge >= 0.3 is 6.03 Å². The molecule has 1 aromatic carbocycles. The van der Waals surface area contributed by atoms with Crippen LogP contribution in [0.1, 0.15) is 24.0 Å². The summed E-state index contributed by atoms with van der Waals surface area (Å²) in [5, 5.41) is 12.8. The molecule has 5 heteroatoms. The van der Waals surface area contributed by atoms with Crippen LogP contribution in [0, 0.1) is 5.92 Å². The van der Waals surface area contributed by atoms with Gasteiger partial charge in [0, 0.05) is 26.7 Å². The highest BCUT2D eigenvalue weighted by Crippen LogP contribution is 2.32. The van der Waals surface area contributed by atoms with Crippen molar-refractivity contribution < 1.29 is 9.90 Å². The van der Waals surface area contributed by atoms with E-state index in [4.69, 9.17) is 0 Å². The van der Waals surface area contributed by atoms with Gasteiger partial charge in [0.25, 0.3) is 0 Å². The van der Waals surface area contributed by atoms with Crippen LogP contribution < -0.4 is 5.32 Å². The number of hydrogen-bond acceptors (Lipinski definition) is 3. The molecule has 1 aliphatic rings. The third-order valence-electron chi connectivity index (χ3n) is 3.94. The fourth-order valence-corrected chi connectivity index (χ4v) is 2.43. The van der Waals surface area contributed by atoms with Crippen molar-refractivity contribution in [3.63, 3.8) is 0 Å². The van der Waals surface area contributed by atoms with Crippen molar-refractivity contribution in [2.24, 2.45) is 5.92 Å². The number of amides is 2. The molecular formula is C17H27N3O2. The van der Waals surface area contributed by atoms with Crippen LogP contribution in [-0.4, -0.2) is 54.7 Å². The molecule has 1 fully saturated rings. The van der Waals surface area contributed by atoms with Gasteiger partial charge in [0.1, 0.15) is 0 Å². The van der Waals surface area contributed by atoms with Crippen molar-refractivity contribution >= 4 is 6.03 Å². The smallest absolute Gasteiger partial charge is 0.317 e. The number of carbonyl (C=O) groups excluding carboxylic acids is 1. The largest absolute Gasteiger partial charge is 0.391 e. The SMILES string of the molecule is CN(C)Cc1ccc(CNC(=O)N(C)CC(O)C2CC2)cc1. The van der Waals surface area contributed by atoms with Gasteiger partial charge in [-0.15, -0.1) is 0 Å². The van der Waals surface area contributed by atoms with Crippen molar-refractivity contribution in [1.29, 1.82) is 0 Å². The first-order valence-electron chi connectivity index (χ1n) is 7.85. The Morgan fingerprint density at radius 1 is 1.23 bits per heavy atom. The van der Waals surface area contributed by atoms with Gasteiger partial charge in [0.05, 0.1) is 6.10 Å². The number of aliphatic hydroxyl groups is 1. The van der Waals surface area contributed by atoms with Crippen LogP contribution in [0.15, 0.2) is 24.3 Å². The normalized spacial score (nSPS) is 15.7. The summed E-state index contributed by atoms with van der Waals surface area (Å²) in [6, 6.07) is 8.11. The minimum atomic E-state index is -0.388. The third-order valence-corrected chi connectivity index (χ3v) is 3.94. The summed E-state index contributed by atoms with van der Waals surface area (Å²) in [6.45, 7) is 1.82. The lowest BCUT2D eigenvalue weighted by atomic mass is 10.1. The van der Waals surface area contributed by atoms with Crippen LogP contribution >= 0.6 is 0 Å². The van der Waals surface area contributed by atoms with Gasteiger partial charge in [0.2, 0.25) is 0 Å². The van der Waals surface area contributed by atoms with Gasteiger partial charge in [-0.1, -0.05) is 24.3 Å². The van der Waals surface area contributed by atoms with E-state index < -0.39 is 0 Å². The number of benzene rings is 1. The number of nitrogens with one attached hydrogen (secondary N) is 1. The maximum atomic E-state index is 12.0. The highest BCUT2D eigenvalue weighted by Gasteiger charge is 2.31. The maximum Gasteiger partial charge on any atom is 0.317 e. The van der Waals surface area contributed by atoms with E-state index in [-0.39, 0.29) is 12.1 Å². The Labute approximate surface area is 132 Å². The molecule has 1 aromatic rings. The first-order valence-corrected chi connectivity index (χ1v) is 7.85. The molecule has 1 atom stereocenters. The highest BCUT2D eigenvalue weighted by atomic mass is 16.3. The number of nitrogens with zero attached hydrogens (tertiary/aromatic N) is 2.